The molecule has 134 valence electrons. The summed E-state index contributed by atoms with van der Waals surface area (Å²) in [7, 11) is 1.59. The van der Waals surface area contributed by atoms with Crippen LogP contribution < -0.4 is 14.9 Å². The SMILES string of the molecule is COc1ccccc1-c1c(C)oc2cc(OCC=C(C)C)ccc2c1=O. The predicted molar refractivity (Wildman–Crippen MR) is 104 cm³/mol. The molecule has 3 aromatic rings. The number of hydrogen-bond acceptors (Lipinski definition) is 4. The van der Waals surface area contributed by atoms with Gasteiger partial charge in [-0.2, -0.15) is 0 Å². The Kier molecular flexibility index (Phi) is 5.12. The summed E-state index contributed by atoms with van der Waals surface area (Å²) in [6.07, 6.45) is 2.00. The van der Waals surface area contributed by atoms with Crippen molar-refractivity contribution in [1.29, 1.82) is 0 Å². The fourth-order valence-electron chi connectivity index (χ4n) is 2.84. The van der Waals surface area contributed by atoms with Crippen LogP contribution >= 0.6 is 0 Å². The van der Waals surface area contributed by atoms with Crippen LogP contribution in [0.2, 0.25) is 0 Å². The molecular formula is C22H22O4. The third-order valence-corrected chi connectivity index (χ3v) is 4.16. The van der Waals surface area contributed by atoms with Crippen molar-refractivity contribution in [3.8, 4) is 22.6 Å². The van der Waals surface area contributed by atoms with Crippen molar-refractivity contribution < 1.29 is 13.9 Å². The highest BCUT2D eigenvalue weighted by Gasteiger charge is 2.17. The molecule has 4 nitrogen and oxygen atoms in total. The van der Waals surface area contributed by atoms with E-state index in [2.05, 4.69) is 0 Å². The maximum atomic E-state index is 13.1. The number of rotatable bonds is 5. The average molecular weight is 350 g/mol. The van der Waals surface area contributed by atoms with Crippen LogP contribution in [0.5, 0.6) is 11.5 Å². The van der Waals surface area contributed by atoms with Gasteiger partial charge in [-0.15, -0.1) is 0 Å². The fraction of sp³-hybridized carbons (Fsp3) is 0.227. The molecule has 3 rings (SSSR count). The molecule has 0 aliphatic heterocycles. The summed E-state index contributed by atoms with van der Waals surface area (Å²) in [6, 6.07) is 12.7. The number of aryl methyl sites for hydroxylation is 1. The van der Waals surface area contributed by atoms with E-state index in [1.165, 1.54) is 5.57 Å². The van der Waals surface area contributed by atoms with Gasteiger partial charge in [-0.3, -0.25) is 4.79 Å². The van der Waals surface area contributed by atoms with E-state index in [1.54, 1.807) is 32.2 Å². The maximum absolute atomic E-state index is 13.1. The van der Waals surface area contributed by atoms with Crippen molar-refractivity contribution in [3.05, 3.63) is 70.1 Å². The molecule has 1 aromatic heterocycles. The Balaban J connectivity index is 2.09. The zero-order chi connectivity index (χ0) is 18.7. The largest absolute Gasteiger partial charge is 0.496 e. The van der Waals surface area contributed by atoms with Gasteiger partial charge >= 0.3 is 0 Å². The number of para-hydroxylation sites is 1. The molecule has 0 spiro atoms. The quantitative estimate of drug-likeness (QED) is 0.599. The summed E-state index contributed by atoms with van der Waals surface area (Å²) < 4.78 is 17.0. The van der Waals surface area contributed by atoms with Gasteiger partial charge in [0.1, 0.15) is 29.4 Å². The molecule has 0 aliphatic carbocycles. The Labute approximate surface area is 152 Å². The first-order valence-electron chi connectivity index (χ1n) is 8.48. The van der Waals surface area contributed by atoms with Gasteiger partial charge in [0.05, 0.1) is 18.1 Å². The molecule has 0 aliphatic rings. The van der Waals surface area contributed by atoms with E-state index in [0.29, 0.717) is 40.4 Å². The van der Waals surface area contributed by atoms with Crippen molar-refractivity contribution in [2.45, 2.75) is 20.8 Å². The molecule has 2 aromatic carbocycles. The number of hydrogen-bond donors (Lipinski definition) is 0. The van der Waals surface area contributed by atoms with E-state index < -0.39 is 0 Å². The Morgan fingerprint density at radius 2 is 1.92 bits per heavy atom. The lowest BCUT2D eigenvalue weighted by atomic mass is 10.0. The minimum absolute atomic E-state index is 0.0795. The summed E-state index contributed by atoms with van der Waals surface area (Å²) in [5.74, 6) is 1.86. The fourth-order valence-corrected chi connectivity index (χ4v) is 2.84. The molecule has 0 radical (unpaired) electrons. The van der Waals surface area contributed by atoms with Crippen LogP contribution in [-0.2, 0) is 0 Å². The standard InChI is InChI=1S/C22H22O4/c1-14(2)11-12-25-16-9-10-18-20(13-16)26-15(3)21(22(18)23)17-7-5-6-8-19(17)24-4/h5-11,13H,12H2,1-4H3. The minimum Gasteiger partial charge on any atom is -0.496 e. The molecule has 0 unspecified atom stereocenters. The highest BCUT2D eigenvalue weighted by molar-refractivity contribution is 5.85. The lowest BCUT2D eigenvalue weighted by molar-refractivity contribution is 0.361. The predicted octanol–water partition coefficient (Wildman–Crippen LogP) is 5.12. The highest BCUT2D eigenvalue weighted by Crippen LogP contribution is 2.32. The minimum atomic E-state index is -0.0795. The summed E-state index contributed by atoms with van der Waals surface area (Å²) >= 11 is 0. The van der Waals surface area contributed by atoms with Crippen LogP contribution in [0.3, 0.4) is 0 Å². The van der Waals surface area contributed by atoms with Gasteiger partial charge in [0.25, 0.3) is 0 Å². The van der Waals surface area contributed by atoms with Gasteiger partial charge in [-0.1, -0.05) is 23.8 Å². The molecule has 4 heteroatoms. The van der Waals surface area contributed by atoms with Crippen molar-refractivity contribution in [2.75, 3.05) is 13.7 Å². The van der Waals surface area contributed by atoms with Gasteiger partial charge in [0, 0.05) is 11.6 Å². The number of fused-ring (bicyclic) bond motifs is 1. The van der Waals surface area contributed by atoms with E-state index in [0.717, 1.165) is 5.56 Å². The zero-order valence-electron chi connectivity index (χ0n) is 15.5. The molecule has 0 amide bonds. The third kappa shape index (κ3) is 3.49. The van der Waals surface area contributed by atoms with Crippen LogP contribution in [-0.4, -0.2) is 13.7 Å². The number of methoxy groups -OCH3 is 1. The number of ether oxygens (including phenoxy) is 2. The summed E-state index contributed by atoms with van der Waals surface area (Å²) in [5.41, 5.74) is 2.87. The van der Waals surface area contributed by atoms with Crippen LogP contribution in [0.1, 0.15) is 19.6 Å². The molecule has 0 saturated carbocycles. The zero-order valence-corrected chi connectivity index (χ0v) is 15.5. The normalized spacial score (nSPS) is 10.6. The van der Waals surface area contributed by atoms with Crippen LogP contribution in [0.25, 0.3) is 22.1 Å². The van der Waals surface area contributed by atoms with Gasteiger partial charge < -0.3 is 13.9 Å². The van der Waals surface area contributed by atoms with Gasteiger partial charge in [0.2, 0.25) is 5.43 Å². The van der Waals surface area contributed by atoms with E-state index in [9.17, 15) is 4.79 Å². The highest BCUT2D eigenvalue weighted by atomic mass is 16.5. The van der Waals surface area contributed by atoms with Gasteiger partial charge in [0.15, 0.2) is 0 Å². The smallest absolute Gasteiger partial charge is 0.200 e. The van der Waals surface area contributed by atoms with E-state index in [1.807, 2.05) is 44.2 Å². The molecule has 0 saturated heterocycles. The molecule has 1 heterocycles. The lowest BCUT2D eigenvalue weighted by Crippen LogP contribution is -2.08. The monoisotopic (exact) mass is 350 g/mol. The van der Waals surface area contributed by atoms with E-state index in [-0.39, 0.29) is 5.43 Å². The average Bonchev–Trinajstić information content (AvgIpc) is 2.61. The van der Waals surface area contributed by atoms with Crippen molar-refractivity contribution in [3.63, 3.8) is 0 Å². The molecule has 26 heavy (non-hydrogen) atoms. The Morgan fingerprint density at radius 1 is 1.15 bits per heavy atom. The van der Waals surface area contributed by atoms with Crippen LogP contribution in [0.4, 0.5) is 0 Å². The molecular weight excluding hydrogens is 328 g/mol. The molecule has 0 bridgehead atoms. The second kappa shape index (κ2) is 7.48. The second-order valence-electron chi connectivity index (χ2n) is 6.31. The van der Waals surface area contributed by atoms with Crippen molar-refractivity contribution in [1.82, 2.24) is 0 Å². The molecule has 0 N–H and O–H groups in total. The van der Waals surface area contributed by atoms with Crippen LogP contribution in [0, 0.1) is 6.92 Å². The topological polar surface area (TPSA) is 48.7 Å². The van der Waals surface area contributed by atoms with Crippen molar-refractivity contribution >= 4 is 11.0 Å². The molecule has 0 atom stereocenters. The summed E-state index contributed by atoms with van der Waals surface area (Å²) in [6.45, 7) is 6.31. The van der Waals surface area contributed by atoms with E-state index in [4.69, 9.17) is 13.9 Å². The Morgan fingerprint density at radius 3 is 2.65 bits per heavy atom. The second-order valence-corrected chi connectivity index (χ2v) is 6.31. The summed E-state index contributed by atoms with van der Waals surface area (Å²) in [4.78, 5) is 13.1. The Bertz CT molecular complexity index is 1020. The van der Waals surface area contributed by atoms with Crippen LogP contribution in [0.15, 0.2) is 63.3 Å². The lowest BCUT2D eigenvalue weighted by Gasteiger charge is -2.11. The first kappa shape index (κ1) is 17.8. The first-order valence-corrected chi connectivity index (χ1v) is 8.48. The number of benzene rings is 2. The van der Waals surface area contributed by atoms with Gasteiger partial charge in [-0.25, -0.2) is 0 Å². The molecule has 0 fully saturated rings. The summed E-state index contributed by atoms with van der Waals surface area (Å²) in [5, 5.41) is 0.520. The van der Waals surface area contributed by atoms with E-state index >= 15 is 0 Å². The number of allylic oxidation sites excluding steroid dienone is 1. The van der Waals surface area contributed by atoms with Gasteiger partial charge in [-0.05, 0) is 45.0 Å². The van der Waals surface area contributed by atoms with Crippen molar-refractivity contribution in [2.24, 2.45) is 0 Å². The first-order chi connectivity index (χ1) is 12.5. The third-order valence-electron chi connectivity index (χ3n) is 4.16. The maximum Gasteiger partial charge on any atom is 0.200 e. The Hall–Kier alpha value is -3.01.